The molecular weight excluding hydrogens is 268 g/mol. The highest BCUT2D eigenvalue weighted by Crippen LogP contribution is 2.25. The van der Waals surface area contributed by atoms with Crippen molar-refractivity contribution in [2.24, 2.45) is 0 Å². The second kappa shape index (κ2) is 5.28. The molecule has 2 rings (SSSR count). The van der Waals surface area contributed by atoms with Gasteiger partial charge >= 0.3 is 5.97 Å². The van der Waals surface area contributed by atoms with Gasteiger partial charge in [-0.05, 0) is 26.0 Å². The number of carbonyl (C=O) groups is 1. The van der Waals surface area contributed by atoms with Crippen molar-refractivity contribution in [3.8, 4) is 5.69 Å². The molecule has 0 saturated carbocycles. The van der Waals surface area contributed by atoms with E-state index in [-0.39, 0.29) is 29.6 Å². The first-order valence-corrected chi connectivity index (χ1v) is 5.93. The van der Waals surface area contributed by atoms with Crippen LogP contribution in [0.15, 0.2) is 18.2 Å². The van der Waals surface area contributed by atoms with Gasteiger partial charge in [-0.3, -0.25) is 4.57 Å². The molecule has 1 aromatic heterocycles. The highest BCUT2D eigenvalue weighted by molar-refractivity contribution is 5.92. The van der Waals surface area contributed by atoms with Gasteiger partial charge in [0.15, 0.2) is 5.69 Å². The van der Waals surface area contributed by atoms with Crippen molar-refractivity contribution in [2.45, 2.75) is 13.8 Å². The molecule has 1 heterocycles. The second-order valence-corrected chi connectivity index (χ2v) is 4.02. The lowest BCUT2D eigenvalue weighted by atomic mass is 10.2. The average molecular weight is 281 g/mol. The van der Waals surface area contributed by atoms with Crippen LogP contribution in [0.3, 0.4) is 0 Å². The smallest absolute Gasteiger partial charge is 0.360 e. The summed E-state index contributed by atoms with van der Waals surface area (Å²) in [6.45, 7) is 3.28. The zero-order valence-electron chi connectivity index (χ0n) is 11.0. The number of anilines is 1. The van der Waals surface area contributed by atoms with Crippen LogP contribution < -0.4 is 5.73 Å². The predicted octanol–water partition coefficient (Wildman–Crippen LogP) is 2.22. The molecule has 20 heavy (non-hydrogen) atoms. The molecule has 7 heteroatoms. The van der Waals surface area contributed by atoms with E-state index in [2.05, 4.69) is 4.98 Å². The zero-order chi connectivity index (χ0) is 14.9. The summed E-state index contributed by atoms with van der Waals surface area (Å²) in [7, 11) is 0. The lowest BCUT2D eigenvalue weighted by Gasteiger charge is -2.09. The monoisotopic (exact) mass is 281 g/mol. The largest absolute Gasteiger partial charge is 0.461 e. The summed E-state index contributed by atoms with van der Waals surface area (Å²) in [6, 6.07) is 3.44. The van der Waals surface area contributed by atoms with Gasteiger partial charge in [-0.15, -0.1) is 0 Å². The van der Waals surface area contributed by atoms with Gasteiger partial charge in [0.25, 0.3) is 0 Å². The molecule has 0 spiro atoms. The number of nitrogens with two attached hydrogens (primary N) is 1. The first-order valence-electron chi connectivity index (χ1n) is 5.93. The van der Waals surface area contributed by atoms with Gasteiger partial charge in [0.05, 0.1) is 6.61 Å². The minimum Gasteiger partial charge on any atom is -0.461 e. The van der Waals surface area contributed by atoms with E-state index in [0.717, 1.165) is 16.7 Å². The van der Waals surface area contributed by atoms with Crippen molar-refractivity contribution in [1.82, 2.24) is 9.55 Å². The molecule has 0 radical (unpaired) electrons. The molecule has 0 atom stereocenters. The van der Waals surface area contributed by atoms with Crippen LogP contribution in [0.5, 0.6) is 0 Å². The normalized spacial score (nSPS) is 10.6. The quantitative estimate of drug-likeness (QED) is 0.876. The standard InChI is InChI=1S/C13H13F2N3O2/c1-3-20-13(19)10-12(16)18(7(2)17-10)11-8(14)5-4-6-9(11)15/h4-6H,3,16H2,1-2H3. The van der Waals surface area contributed by atoms with Crippen LogP contribution in [-0.2, 0) is 4.74 Å². The fourth-order valence-corrected chi connectivity index (χ4v) is 1.88. The molecule has 0 fully saturated rings. The van der Waals surface area contributed by atoms with E-state index in [0.29, 0.717) is 0 Å². The lowest BCUT2D eigenvalue weighted by molar-refractivity contribution is 0.0521. The molecule has 1 aromatic carbocycles. The van der Waals surface area contributed by atoms with Gasteiger partial charge in [-0.25, -0.2) is 18.6 Å². The summed E-state index contributed by atoms with van der Waals surface area (Å²) in [6.07, 6.45) is 0. The fraction of sp³-hybridized carbons (Fsp3) is 0.231. The van der Waals surface area contributed by atoms with Gasteiger partial charge in [0, 0.05) is 0 Å². The maximum atomic E-state index is 13.8. The summed E-state index contributed by atoms with van der Waals surface area (Å²) < 4.78 is 33.4. The number of rotatable bonds is 3. The second-order valence-electron chi connectivity index (χ2n) is 4.02. The zero-order valence-corrected chi connectivity index (χ0v) is 11.0. The van der Waals surface area contributed by atoms with E-state index in [1.807, 2.05) is 0 Å². The molecule has 0 unspecified atom stereocenters. The van der Waals surface area contributed by atoms with Crippen molar-refractivity contribution in [1.29, 1.82) is 0 Å². The van der Waals surface area contributed by atoms with Crippen LogP contribution in [0.1, 0.15) is 23.2 Å². The maximum absolute atomic E-state index is 13.8. The van der Waals surface area contributed by atoms with Crippen LogP contribution in [0.25, 0.3) is 5.69 Å². The number of ether oxygens (including phenoxy) is 1. The summed E-state index contributed by atoms with van der Waals surface area (Å²) in [5, 5.41) is 0. The van der Waals surface area contributed by atoms with Crippen molar-refractivity contribution in [2.75, 3.05) is 12.3 Å². The molecule has 0 aliphatic carbocycles. The van der Waals surface area contributed by atoms with E-state index < -0.39 is 17.6 Å². The van der Waals surface area contributed by atoms with E-state index in [1.165, 1.54) is 13.0 Å². The third-order valence-corrected chi connectivity index (χ3v) is 2.71. The fourth-order valence-electron chi connectivity index (χ4n) is 1.88. The molecule has 0 amide bonds. The molecule has 2 N–H and O–H groups in total. The van der Waals surface area contributed by atoms with Crippen molar-refractivity contribution >= 4 is 11.8 Å². The number of aromatic nitrogens is 2. The Morgan fingerprint density at radius 3 is 2.55 bits per heavy atom. The number of hydrogen-bond donors (Lipinski definition) is 1. The van der Waals surface area contributed by atoms with Crippen molar-refractivity contribution < 1.29 is 18.3 Å². The third-order valence-electron chi connectivity index (χ3n) is 2.71. The Kier molecular flexibility index (Phi) is 3.69. The Balaban J connectivity index is 2.62. The summed E-state index contributed by atoms with van der Waals surface area (Å²) in [5.74, 6) is -2.30. The van der Waals surface area contributed by atoms with Gasteiger partial charge in [0.1, 0.15) is 29.0 Å². The van der Waals surface area contributed by atoms with Crippen molar-refractivity contribution in [3.63, 3.8) is 0 Å². The molecule has 2 aromatic rings. The maximum Gasteiger partial charge on any atom is 0.360 e. The van der Waals surface area contributed by atoms with E-state index in [9.17, 15) is 13.6 Å². The van der Waals surface area contributed by atoms with Crippen LogP contribution >= 0.6 is 0 Å². The van der Waals surface area contributed by atoms with E-state index in [4.69, 9.17) is 10.5 Å². The van der Waals surface area contributed by atoms with Crippen LogP contribution in [-0.4, -0.2) is 22.1 Å². The predicted molar refractivity (Wildman–Crippen MR) is 68.6 cm³/mol. The molecule has 0 saturated heterocycles. The summed E-state index contributed by atoms with van der Waals surface area (Å²) in [5.41, 5.74) is 5.24. The minimum absolute atomic E-state index is 0.151. The number of imidazole rings is 1. The molecule has 106 valence electrons. The number of para-hydroxylation sites is 1. The topological polar surface area (TPSA) is 70.1 Å². The van der Waals surface area contributed by atoms with Gasteiger partial charge in [-0.1, -0.05) is 6.07 Å². The highest BCUT2D eigenvalue weighted by atomic mass is 19.1. The Labute approximate surface area is 114 Å². The first kappa shape index (κ1) is 14.0. The molecule has 5 nitrogen and oxygen atoms in total. The Hall–Kier alpha value is -2.44. The number of halogens is 2. The molecule has 0 aliphatic rings. The molecule has 0 bridgehead atoms. The average Bonchev–Trinajstić information content (AvgIpc) is 2.67. The van der Waals surface area contributed by atoms with Gasteiger partial charge in [0.2, 0.25) is 0 Å². The number of esters is 1. The third kappa shape index (κ3) is 2.22. The number of nitrogen functional groups attached to an aromatic ring is 1. The van der Waals surface area contributed by atoms with Crippen LogP contribution in [0, 0.1) is 18.6 Å². The van der Waals surface area contributed by atoms with Crippen LogP contribution in [0.2, 0.25) is 0 Å². The number of benzene rings is 1. The Morgan fingerprint density at radius 2 is 2.00 bits per heavy atom. The summed E-state index contributed by atoms with van der Waals surface area (Å²) >= 11 is 0. The minimum atomic E-state index is -0.799. The summed E-state index contributed by atoms with van der Waals surface area (Å²) in [4.78, 5) is 15.6. The lowest BCUT2D eigenvalue weighted by Crippen LogP contribution is -2.11. The Bertz CT molecular complexity index is 648. The van der Waals surface area contributed by atoms with Crippen molar-refractivity contribution in [3.05, 3.63) is 41.4 Å². The van der Waals surface area contributed by atoms with Gasteiger partial charge < -0.3 is 10.5 Å². The number of carbonyl (C=O) groups excluding carboxylic acids is 1. The van der Waals surface area contributed by atoms with E-state index in [1.54, 1.807) is 6.92 Å². The number of nitrogens with zero attached hydrogens (tertiary/aromatic N) is 2. The number of hydrogen-bond acceptors (Lipinski definition) is 4. The highest BCUT2D eigenvalue weighted by Gasteiger charge is 2.23. The molecule has 0 aliphatic heterocycles. The number of aryl methyl sites for hydroxylation is 1. The van der Waals surface area contributed by atoms with Crippen LogP contribution in [0.4, 0.5) is 14.6 Å². The first-order chi connectivity index (χ1) is 9.47. The molecular formula is C13H13F2N3O2. The van der Waals surface area contributed by atoms with E-state index >= 15 is 0 Å². The SMILES string of the molecule is CCOC(=O)c1nc(C)n(-c2c(F)cccc2F)c1N. The van der Waals surface area contributed by atoms with Gasteiger partial charge in [-0.2, -0.15) is 0 Å². The Morgan fingerprint density at radius 1 is 1.40 bits per heavy atom.